The molecular weight excluding hydrogens is 352 g/mol. The zero-order valence-electron chi connectivity index (χ0n) is 11.7. The summed E-state index contributed by atoms with van der Waals surface area (Å²) in [5.74, 6) is 0.0697. The van der Waals surface area contributed by atoms with Crippen LogP contribution in [-0.4, -0.2) is 15.6 Å². The van der Waals surface area contributed by atoms with Crippen LogP contribution >= 0.6 is 15.9 Å². The second kappa shape index (κ2) is 6.95. The molecule has 0 fully saturated rings. The number of benzene rings is 1. The number of nitrogens with one attached hydrogen (secondary N) is 1. The lowest BCUT2D eigenvalue weighted by molar-refractivity contribution is -0.0506. The van der Waals surface area contributed by atoms with Crippen molar-refractivity contribution in [3.05, 3.63) is 28.2 Å². The van der Waals surface area contributed by atoms with E-state index in [1.807, 2.05) is 20.8 Å². The van der Waals surface area contributed by atoms with E-state index >= 15 is 0 Å². The lowest BCUT2D eigenvalue weighted by Crippen LogP contribution is -2.35. The van der Waals surface area contributed by atoms with Gasteiger partial charge in [-0.05, 0) is 39.8 Å². The minimum absolute atomic E-state index is 0.0697. The van der Waals surface area contributed by atoms with Crippen molar-refractivity contribution in [1.29, 1.82) is 0 Å². The van der Waals surface area contributed by atoms with Gasteiger partial charge < -0.3 is 4.74 Å². The fraction of sp³-hybridized carbons (Fsp3) is 0.538. The van der Waals surface area contributed by atoms with Gasteiger partial charge in [-0.25, -0.2) is 8.93 Å². The molecule has 0 saturated heterocycles. The van der Waals surface area contributed by atoms with Crippen LogP contribution < -0.4 is 9.46 Å². The van der Waals surface area contributed by atoms with Gasteiger partial charge >= 0.3 is 6.61 Å². The Morgan fingerprint density at radius 3 is 2.45 bits per heavy atom. The average Bonchev–Trinajstić information content (AvgIpc) is 2.26. The molecule has 0 radical (unpaired) electrons. The molecule has 0 amide bonds. The molecular formula is C13H18BrF2NO2S. The summed E-state index contributed by atoms with van der Waals surface area (Å²) in [6, 6.07) is 4.49. The summed E-state index contributed by atoms with van der Waals surface area (Å²) in [5, 5.41) is 0. The number of rotatable bonds is 5. The Balaban J connectivity index is 2.97. The number of hydrogen-bond donors (Lipinski definition) is 1. The van der Waals surface area contributed by atoms with E-state index in [1.165, 1.54) is 6.07 Å². The van der Waals surface area contributed by atoms with Crippen LogP contribution in [-0.2, 0) is 11.0 Å². The molecule has 0 heterocycles. The van der Waals surface area contributed by atoms with E-state index in [-0.39, 0.29) is 11.8 Å². The van der Waals surface area contributed by atoms with Gasteiger partial charge in [-0.15, -0.1) is 0 Å². The summed E-state index contributed by atoms with van der Waals surface area (Å²) in [4.78, 5) is 0. The molecule has 0 aliphatic rings. The Morgan fingerprint density at radius 2 is 1.95 bits per heavy atom. The van der Waals surface area contributed by atoms with Crippen LogP contribution in [0.1, 0.15) is 39.3 Å². The Hall–Kier alpha value is -0.530. The van der Waals surface area contributed by atoms with Crippen molar-refractivity contribution in [2.45, 2.75) is 45.1 Å². The Morgan fingerprint density at radius 1 is 1.35 bits per heavy atom. The predicted molar refractivity (Wildman–Crippen MR) is 80.2 cm³/mol. The molecule has 1 rings (SSSR count). The second-order valence-corrected chi connectivity index (χ2v) is 8.19. The zero-order valence-corrected chi connectivity index (χ0v) is 14.1. The first-order valence-corrected chi connectivity index (χ1v) is 7.98. The van der Waals surface area contributed by atoms with Gasteiger partial charge in [0.25, 0.3) is 0 Å². The van der Waals surface area contributed by atoms with Gasteiger partial charge in [0.1, 0.15) is 5.75 Å². The van der Waals surface area contributed by atoms with Crippen LogP contribution in [0.2, 0.25) is 0 Å². The molecule has 1 aromatic carbocycles. The van der Waals surface area contributed by atoms with E-state index in [0.29, 0.717) is 10.0 Å². The maximum absolute atomic E-state index is 12.4. The van der Waals surface area contributed by atoms with Gasteiger partial charge in [-0.3, -0.25) is 0 Å². The Bertz CT molecular complexity index is 492. The topological polar surface area (TPSA) is 38.3 Å². The van der Waals surface area contributed by atoms with E-state index in [2.05, 4.69) is 25.4 Å². The van der Waals surface area contributed by atoms with Gasteiger partial charge in [0.15, 0.2) is 0 Å². The number of ether oxygens (including phenoxy) is 1. The van der Waals surface area contributed by atoms with Crippen LogP contribution in [0, 0.1) is 0 Å². The molecule has 114 valence electrons. The normalized spacial score (nSPS) is 15.2. The first-order valence-electron chi connectivity index (χ1n) is 6.03. The van der Waals surface area contributed by atoms with Crippen molar-refractivity contribution in [3.63, 3.8) is 0 Å². The van der Waals surface area contributed by atoms with Gasteiger partial charge in [0.2, 0.25) is 0 Å². The summed E-state index contributed by atoms with van der Waals surface area (Å²) in [5.41, 5.74) is 0.533. The molecule has 0 bridgehead atoms. The van der Waals surface area contributed by atoms with Crippen molar-refractivity contribution < 1.29 is 17.7 Å². The summed E-state index contributed by atoms with van der Waals surface area (Å²) in [7, 11) is -1.30. The summed E-state index contributed by atoms with van der Waals surface area (Å²) in [6.45, 7) is 4.36. The smallest absolute Gasteiger partial charge is 0.387 e. The van der Waals surface area contributed by atoms with Gasteiger partial charge in [0.05, 0.1) is 15.7 Å². The first kappa shape index (κ1) is 17.5. The molecule has 1 N–H and O–H groups in total. The average molecular weight is 370 g/mol. The maximum Gasteiger partial charge on any atom is 0.387 e. The SMILES string of the molecule is C[C@H](NS(=O)C(C)(C)C)c1ccc(Br)cc1OC(F)F. The van der Waals surface area contributed by atoms with Crippen molar-refractivity contribution in [2.75, 3.05) is 0 Å². The highest BCUT2D eigenvalue weighted by Crippen LogP contribution is 2.30. The maximum atomic E-state index is 12.4. The Kier molecular flexibility index (Phi) is 6.09. The highest BCUT2D eigenvalue weighted by Gasteiger charge is 2.23. The lowest BCUT2D eigenvalue weighted by atomic mass is 10.1. The molecule has 2 atom stereocenters. The highest BCUT2D eigenvalue weighted by atomic mass is 79.9. The van der Waals surface area contributed by atoms with E-state index in [9.17, 15) is 13.0 Å². The van der Waals surface area contributed by atoms with E-state index in [0.717, 1.165) is 0 Å². The number of halogens is 3. The second-order valence-electron chi connectivity index (χ2n) is 5.28. The minimum atomic E-state index is -2.90. The van der Waals surface area contributed by atoms with Crippen LogP contribution in [0.5, 0.6) is 5.75 Å². The molecule has 0 saturated carbocycles. The molecule has 0 aliphatic carbocycles. The van der Waals surface area contributed by atoms with E-state index < -0.39 is 22.3 Å². The largest absolute Gasteiger partial charge is 0.434 e. The molecule has 3 nitrogen and oxygen atoms in total. The van der Waals surface area contributed by atoms with E-state index in [4.69, 9.17) is 0 Å². The van der Waals surface area contributed by atoms with Crippen molar-refractivity contribution >= 4 is 26.9 Å². The fourth-order valence-corrected chi connectivity index (χ4v) is 2.61. The van der Waals surface area contributed by atoms with E-state index in [1.54, 1.807) is 19.1 Å². The van der Waals surface area contributed by atoms with Crippen molar-refractivity contribution in [3.8, 4) is 5.75 Å². The molecule has 0 aromatic heterocycles. The highest BCUT2D eigenvalue weighted by molar-refractivity contribution is 9.10. The molecule has 7 heteroatoms. The monoisotopic (exact) mass is 369 g/mol. The van der Waals surface area contributed by atoms with Crippen molar-refractivity contribution in [1.82, 2.24) is 4.72 Å². The number of alkyl halides is 2. The third-order valence-corrected chi connectivity index (χ3v) is 4.67. The quantitative estimate of drug-likeness (QED) is 0.845. The van der Waals surface area contributed by atoms with Gasteiger partial charge in [-0.1, -0.05) is 22.0 Å². The predicted octanol–water partition coefficient (Wildman–Crippen LogP) is 4.16. The fourth-order valence-electron chi connectivity index (χ4n) is 1.46. The minimum Gasteiger partial charge on any atom is -0.434 e. The van der Waals surface area contributed by atoms with Crippen LogP contribution in [0.25, 0.3) is 0 Å². The standard InChI is InChI=1S/C13H18BrF2NO2S/c1-8(17-20(18)13(2,3)4)10-6-5-9(14)7-11(10)19-12(15)16/h5-8,12,17H,1-4H3/t8-,20?/m0/s1. The number of hydrogen-bond acceptors (Lipinski definition) is 2. The Labute approximate surface area is 128 Å². The van der Waals surface area contributed by atoms with Crippen LogP contribution in [0.4, 0.5) is 8.78 Å². The zero-order chi connectivity index (χ0) is 15.5. The summed E-state index contributed by atoms with van der Waals surface area (Å²) in [6.07, 6.45) is 0. The third-order valence-electron chi connectivity index (χ3n) is 2.50. The van der Waals surface area contributed by atoms with Gasteiger partial charge in [0, 0.05) is 16.1 Å². The van der Waals surface area contributed by atoms with Crippen molar-refractivity contribution in [2.24, 2.45) is 0 Å². The third kappa shape index (κ3) is 5.10. The lowest BCUT2D eigenvalue weighted by Gasteiger charge is -2.23. The molecule has 0 spiro atoms. The summed E-state index contributed by atoms with van der Waals surface area (Å²) < 4.78 is 44.5. The molecule has 20 heavy (non-hydrogen) atoms. The molecule has 1 unspecified atom stereocenters. The van der Waals surface area contributed by atoms with Crippen LogP contribution in [0.3, 0.4) is 0 Å². The molecule has 0 aliphatic heterocycles. The first-order chi connectivity index (χ1) is 9.11. The molecule has 1 aromatic rings. The van der Waals surface area contributed by atoms with Gasteiger partial charge in [-0.2, -0.15) is 8.78 Å². The summed E-state index contributed by atoms with van der Waals surface area (Å²) >= 11 is 3.21. The van der Waals surface area contributed by atoms with Crippen LogP contribution in [0.15, 0.2) is 22.7 Å².